The highest BCUT2D eigenvalue weighted by atomic mass is 19.2. The Morgan fingerprint density at radius 1 is 0.741 bits per heavy atom. The van der Waals surface area contributed by atoms with Gasteiger partial charge in [0.15, 0.2) is 11.6 Å². The van der Waals surface area contributed by atoms with E-state index in [2.05, 4.69) is 17.1 Å². The van der Waals surface area contributed by atoms with Crippen LogP contribution < -0.4 is 0 Å². The summed E-state index contributed by atoms with van der Waals surface area (Å²) in [7, 11) is 0. The van der Waals surface area contributed by atoms with Gasteiger partial charge < -0.3 is 0 Å². The van der Waals surface area contributed by atoms with Crippen molar-refractivity contribution in [1.29, 1.82) is 0 Å². The molecule has 27 heavy (non-hydrogen) atoms. The van der Waals surface area contributed by atoms with Crippen LogP contribution >= 0.6 is 0 Å². The van der Waals surface area contributed by atoms with Crippen LogP contribution in [0.2, 0.25) is 0 Å². The molecule has 2 rings (SSSR count). The van der Waals surface area contributed by atoms with Gasteiger partial charge in [0, 0.05) is 0 Å². The molecule has 0 N–H and O–H groups in total. The van der Waals surface area contributed by atoms with Crippen LogP contribution in [0.15, 0.2) is 40.5 Å². The maximum absolute atomic E-state index is 14.1. The highest BCUT2D eigenvalue weighted by Gasteiger charge is 2.09. The Kier molecular flexibility index (Phi) is 8.17. The fourth-order valence-electron chi connectivity index (χ4n) is 2.62. The lowest BCUT2D eigenvalue weighted by molar-refractivity contribution is 0.508. The highest BCUT2D eigenvalue weighted by molar-refractivity contribution is 5.83. The van der Waals surface area contributed by atoms with Gasteiger partial charge in [-0.2, -0.15) is 10.2 Å². The van der Waals surface area contributed by atoms with Crippen LogP contribution in [-0.4, -0.2) is 12.4 Å². The first-order valence-electron chi connectivity index (χ1n) is 9.00. The third kappa shape index (κ3) is 6.62. The molecule has 6 heteroatoms. The molecule has 0 amide bonds. The zero-order valence-corrected chi connectivity index (χ0v) is 15.2. The first-order valence-corrected chi connectivity index (χ1v) is 9.00. The van der Waals surface area contributed by atoms with Gasteiger partial charge in [-0.25, -0.2) is 17.6 Å². The molecule has 2 nitrogen and oxygen atoms in total. The van der Waals surface area contributed by atoms with Crippen LogP contribution in [0.5, 0.6) is 0 Å². The summed E-state index contributed by atoms with van der Waals surface area (Å²) in [6.45, 7) is 2.13. The number of benzene rings is 2. The minimum absolute atomic E-state index is 0.283. The van der Waals surface area contributed by atoms with Crippen LogP contribution in [0.25, 0.3) is 0 Å². The standard InChI is InChI=1S/C21H22F4N2/c1-2-3-4-5-6-7-15-10-19(23)17(20(24)11-15)14-27-26-13-16-8-9-18(22)21(25)12-16/h8-14H,2-7H2,1H3. The van der Waals surface area contributed by atoms with E-state index in [0.717, 1.165) is 44.0 Å². The molecule has 2 aromatic rings. The van der Waals surface area contributed by atoms with Crippen LogP contribution in [0.3, 0.4) is 0 Å². The summed E-state index contributed by atoms with van der Waals surface area (Å²) >= 11 is 0. The molecule has 2 aromatic carbocycles. The molecule has 0 aromatic heterocycles. The van der Waals surface area contributed by atoms with Crippen molar-refractivity contribution in [2.75, 3.05) is 0 Å². The first-order chi connectivity index (χ1) is 13.0. The van der Waals surface area contributed by atoms with Gasteiger partial charge in [0.05, 0.1) is 18.0 Å². The number of hydrogen-bond acceptors (Lipinski definition) is 2. The number of aryl methyl sites for hydroxylation is 1. The fourth-order valence-corrected chi connectivity index (χ4v) is 2.62. The van der Waals surface area contributed by atoms with E-state index in [1.165, 1.54) is 30.8 Å². The topological polar surface area (TPSA) is 24.7 Å². The molecule has 0 aliphatic rings. The van der Waals surface area contributed by atoms with E-state index in [1.807, 2.05) is 0 Å². The molecular weight excluding hydrogens is 356 g/mol. The number of hydrogen-bond donors (Lipinski definition) is 0. The predicted molar refractivity (Wildman–Crippen MR) is 100 cm³/mol. The largest absolute Gasteiger partial charge is 0.206 e. The third-order valence-electron chi connectivity index (χ3n) is 4.11. The molecule has 0 heterocycles. The van der Waals surface area contributed by atoms with Crippen molar-refractivity contribution in [3.05, 3.63) is 70.3 Å². The van der Waals surface area contributed by atoms with Crippen molar-refractivity contribution in [2.24, 2.45) is 10.2 Å². The second-order valence-electron chi connectivity index (χ2n) is 6.30. The van der Waals surface area contributed by atoms with E-state index in [9.17, 15) is 17.6 Å². The van der Waals surface area contributed by atoms with E-state index in [1.54, 1.807) is 0 Å². The van der Waals surface area contributed by atoms with E-state index in [4.69, 9.17) is 0 Å². The van der Waals surface area contributed by atoms with Crippen molar-refractivity contribution in [2.45, 2.75) is 45.4 Å². The Labute approximate surface area is 156 Å². The lowest BCUT2D eigenvalue weighted by atomic mass is 10.0. The average molecular weight is 378 g/mol. The minimum atomic E-state index is -1.01. The molecule has 144 valence electrons. The summed E-state index contributed by atoms with van der Waals surface area (Å²) in [5, 5.41) is 7.20. The molecule has 0 radical (unpaired) electrons. The molecule has 0 spiro atoms. The van der Waals surface area contributed by atoms with Gasteiger partial charge in [-0.3, -0.25) is 0 Å². The van der Waals surface area contributed by atoms with Gasteiger partial charge in [-0.1, -0.05) is 38.7 Å². The van der Waals surface area contributed by atoms with E-state index in [0.29, 0.717) is 12.0 Å². The quantitative estimate of drug-likeness (QED) is 0.215. The van der Waals surface area contributed by atoms with E-state index < -0.39 is 23.3 Å². The van der Waals surface area contributed by atoms with Crippen LogP contribution in [0.1, 0.15) is 55.7 Å². The molecule has 0 aliphatic carbocycles. The average Bonchev–Trinajstić information content (AvgIpc) is 2.63. The zero-order valence-electron chi connectivity index (χ0n) is 15.2. The van der Waals surface area contributed by atoms with Gasteiger partial charge in [-0.15, -0.1) is 0 Å². The minimum Gasteiger partial charge on any atom is -0.206 e. The molecule has 0 unspecified atom stereocenters. The summed E-state index contributed by atoms with van der Waals surface area (Å²) < 4.78 is 54.1. The molecular formula is C21H22F4N2. The molecule has 0 fully saturated rings. The van der Waals surface area contributed by atoms with Gasteiger partial charge in [0.1, 0.15) is 11.6 Å². The maximum atomic E-state index is 14.1. The predicted octanol–water partition coefficient (Wildman–Crippen LogP) is 6.21. The van der Waals surface area contributed by atoms with Gasteiger partial charge >= 0.3 is 0 Å². The molecule has 0 atom stereocenters. The Morgan fingerprint density at radius 2 is 1.41 bits per heavy atom. The summed E-state index contributed by atoms with van der Waals surface area (Å²) in [6, 6.07) is 5.84. The zero-order chi connectivity index (χ0) is 19.6. The van der Waals surface area contributed by atoms with E-state index >= 15 is 0 Å². The van der Waals surface area contributed by atoms with Gasteiger partial charge in [0.2, 0.25) is 0 Å². The summed E-state index contributed by atoms with van der Waals surface area (Å²) in [5.41, 5.74) is 0.613. The maximum Gasteiger partial charge on any atom is 0.159 e. The Morgan fingerprint density at radius 3 is 2.07 bits per heavy atom. The summed E-state index contributed by atoms with van der Waals surface area (Å²) in [5.74, 6) is -3.38. The fraction of sp³-hybridized carbons (Fsp3) is 0.333. The molecule has 0 bridgehead atoms. The lowest BCUT2D eigenvalue weighted by Crippen LogP contribution is -1.98. The van der Waals surface area contributed by atoms with Crippen molar-refractivity contribution < 1.29 is 17.6 Å². The Hall–Kier alpha value is -2.50. The Balaban J connectivity index is 1.98. The number of nitrogens with zero attached hydrogens (tertiary/aromatic N) is 2. The van der Waals surface area contributed by atoms with Crippen LogP contribution in [0.4, 0.5) is 17.6 Å². The van der Waals surface area contributed by atoms with E-state index in [-0.39, 0.29) is 11.1 Å². The number of rotatable bonds is 9. The highest BCUT2D eigenvalue weighted by Crippen LogP contribution is 2.16. The second kappa shape index (κ2) is 10.6. The van der Waals surface area contributed by atoms with Crippen molar-refractivity contribution in [3.8, 4) is 0 Å². The third-order valence-corrected chi connectivity index (χ3v) is 4.11. The number of unbranched alkanes of at least 4 members (excludes halogenated alkanes) is 4. The normalized spacial score (nSPS) is 11.7. The smallest absolute Gasteiger partial charge is 0.159 e. The van der Waals surface area contributed by atoms with Crippen molar-refractivity contribution >= 4 is 12.4 Å². The SMILES string of the molecule is CCCCCCCc1cc(F)c(C=NN=Cc2ccc(F)c(F)c2)c(F)c1. The van der Waals surface area contributed by atoms with Crippen LogP contribution in [-0.2, 0) is 6.42 Å². The first kappa shape index (κ1) is 20.8. The monoisotopic (exact) mass is 378 g/mol. The number of halogens is 4. The molecule has 0 aliphatic heterocycles. The molecule has 0 saturated carbocycles. The summed E-state index contributed by atoms with van der Waals surface area (Å²) in [4.78, 5) is 0. The second-order valence-corrected chi connectivity index (χ2v) is 6.30. The Bertz CT molecular complexity index is 793. The molecule has 0 saturated heterocycles. The van der Waals surface area contributed by atoms with Gasteiger partial charge in [0.25, 0.3) is 0 Å². The summed E-state index contributed by atoms with van der Waals surface area (Å²) in [6.07, 6.45) is 8.14. The van der Waals surface area contributed by atoms with Crippen LogP contribution in [0, 0.1) is 23.3 Å². The van der Waals surface area contributed by atoms with Crippen molar-refractivity contribution in [3.63, 3.8) is 0 Å². The lowest BCUT2D eigenvalue weighted by Gasteiger charge is -2.05. The van der Waals surface area contributed by atoms with Crippen molar-refractivity contribution in [1.82, 2.24) is 0 Å². The van der Waals surface area contributed by atoms with Gasteiger partial charge in [-0.05, 0) is 48.2 Å².